The van der Waals surface area contributed by atoms with Gasteiger partial charge in [0.15, 0.2) is 0 Å². The van der Waals surface area contributed by atoms with Crippen LogP contribution < -0.4 is 11.3 Å². The Morgan fingerprint density at radius 3 is 2.00 bits per heavy atom. The Balaban J connectivity index is 0. The molecule has 4 N–H and O–H groups in total. The van der Waals surface area contributed by atoms with Crippen molar-refractivity contribution in [3.8, 4) is 0 Å². The van der Waals surface area contributed by atoms with Gasteiger partial charge in [-0.2, -0.15) is 0 Å². The fourth-order valence-electron chi connectivity index (χ4n) is 0. The first kappa shape index (κ1) is 10.4. The van der Waals surface area contributed by atoms with Gasteiger partial charge in [0.25, 0.3) is 0 Å². The van der Waals surface area contributed by atoms with Crippen molar-refractivity contribution >= 4 is 5.97 Å². The number of carboxylic acid groups (broad SMARTS) is 1. The van der Waals surface area contributed by atoms with Gasteiger partial charge in [-0.3, -0.25) is 16.1 Å². The van der Waals surface area contributed by atoms with E-state index in [-0.39, 0.29) is 6.42 Å². The van der Waals surface area contributed by atoms with Crippen LogP contribution >= 0.6 is 0 Å². The molecule has 0 spiro atoms. The molecular weight excluding hydrogens is 108 g/mol. The maximum atomic E-state index is 9.37. The second kappa shape index (κ2) is 9.63. The van der Waals surface area contributed by atoms with E-state index in [0.717, 1.165) is 0 Å². The summed E-state index contributed by atoms with van der Waals surface area (Å²) in [5.74, 6) is 3.85. The van der Waals surface area contributed by atoms with E-state index in [2.05, 4.69) is 11.3 Å². The first-order valence-electron chi connectivity index (χ1n) is 2.28. The number of hydrazine groups is 1. The summed E-state index contributed by atoms with van der Waals surface area (Å²) in [6.45, 7) is 1.60. The molecule has 0 aliphatic rings. The minimum Gasteiger partial charge on any atom is -0.481 e. The van der Waals surface area contributed by atoms with Crippen LogP contribution in [0.5, 0.6) is 0 Å². The predicted octanol–water partition coefficient (Wildman–Crippen LogP) is -0.439. The van der Waals surface area contributed by atoms with Gasteiger partial charge in [0.05, 0.1) is 0 Å². The first-order chi connectivity index (χ1) is 3.68. The molecule has 0 saturated carbocycles. The number of hydrogen-bond donors (Lipinski definition) is 3. The molecule has 0 atom stereocenters. The number of aliphatic carboxylic acids is 1. The summed E-state index contributed by atoms with van der Waals surface area (Å²) in [7, 11) is 1.65. The van der Waals surface area contributed by atoms with E-state index in [0.29, 0.717) is 0 Å². The van der Waals surface area contributed by atoms with Gasteiger partial charge in [-0.1, -0.05) is 6.92 Å². The SMILES string of the molecule is CCC(=O)O.CNN. The van der Waals surface area contributed by atoms with Gasteiger partial charge in [0.2, 0.25) is 0 Å². The molecule has 8 heavy (non-hydrogen) atoms. The van der Waals surface area contributed by atoms with E-state index in [9.17, 15) is 4.79 Å². The molecule has 50 valence electrons. The Labute approximate surface area is 48.7 Å². The van der Waals surface area contributed by atoms with Crippen molar-refractivity contribution in [3.63, 3.8) is 0 Å². The van der Waals surface area contributed by atoms with Crippen molar-refractivity contribution in [1.82, 2.24) is 5.43 Å². The van der Waals surface area contributed by atoms with Crippen LogP contribution in [0, 0.1) is 0 Å². The van der Waals surface area contributed by atoms with Crippen molar-refractivity contribution in [2.45, 2.75) is 13.3 Å². The lowest BCUT2D eigenvalue weighted by Gasteiger charge is -1.71. The first-order valence-corrected chi connectivity index (χ1v) is 2.28. The van der Waals surface area contributed by atoms with E-state index < -0.39 is 5.97 Å². The van der Waals surface area contributed by atoms with Crippen LogP contribution in [0.1, 0.15) is 13.3 Å². The summed E-state index contributed by atoms with van der Waals surface area (Å²) >= 11 is 0. The molecule has 0 saturated heterocycles. The number of carboxylic acids is 1. The van der Waals surface area contributed by atoms with Crippen molar-refractivity contribution in [2.24, 2.45) is 5.84 Å². The summed E-state index contributed by atoms with van der Waals surface area (Å²) in [4.78, 5) is 9.37. The molecule has 0 heterocycles. The molecule has 0 rings (SSSR count). The largest absolute Gasteiger partial charge is 0.481 e. The fourth-order valence-corrected chi connectivity index (χ4v) is 0. The maximum Gasteiger partial charge on any atom is 0.303 e. The van der Waals surface area contributed by atoms with Gasteiger partial charge in [-0.25, -0.2) is 0 Å². The van der Waals surface area contributed by atoms with E-state index in [1.807, 2.05) is 0 Å². The van der Waals surface area contributed by atoms with Crippen LogP contribution in [-0.4, -0.2) is 18.1 Å². The highest BCUT2D eigenvalue weighted by atomic mass is 16.4. The Morgan fingerprint density at radius 2 is 2.00 bits per heavy atom. The third-order valence-corrected chi connectivity index (χ3v) is 0.302. The summed E-state index contributed by atoms with van der Waals surface area (Å²) in [5, 5.41) is 7.72. The molecule has 0 unspecified atom stereocenters. The monoisotopic (exact) mass is 120 g/mol. The van der Waals surface area contributed by atoms with Crippen molar-refractivity contribution in [2.75, 3.05) is 7.05 Å². The quantitative estimate of drug-likeness (QED) is 0.324. The summed E-state index contributed by atoms with van der Waals surface area (Å²) in [6, 6.07) is 0. The predicted molar refractivity (Wildman–Crippen MR) is 31.2 cm³/mol. The normalized spacial score (nSPS) is 6.88. The minimum atomic E-state index is -0.745. The lowest BCUT2D eigenvalue weighted by Crippen LogP contribution is -2.13. The average molecular weight is 120 g/mol. The van der Waals surface area contributed by atoms with Gasteiger partial charge >= 0.3 is 5.97 Å². The fraction of sp³-hybridized carbons (Fsp3) is 0.750. The Kier molecular flexibility index (Phi) is 12.5. The summed E-state index contributed by atoms with van der Waals surface area (Å²) in [5.41, 5.74) is 2.25. The van der Waals surface area contributed by atoms with Crippen LogP contribution in [0.3, 0.4) is 0 Å². The standard InChI is InChI=1S/C3H6O2.CH6N2/c1-2-3(4)5;1-3-2/h2H2,1H3,(H,4,5);3H,2H2,1H3. The van der Waals surface area contributed by atoms with Crippen LogP contribution in [0.4, 0.5) is 0 Å². The summed E-state index contributed by atoms with van der Waals surface area (Å²) < 4.78 is 0. The van der Waals surface area contributed by atoms with E-state index in [1.165, 1.54) is 0 Å². The second-order valence-corrected chi connectivity index (χ2v) is 1.04. The molecule has 0 aliphatic heterocycles. The topological polar surface area (TPSA) is 75.3 Å². The third-order valence-electron chi connectivity index (χ3n) is 0.302. The molecule has 0 radical (unpaired) electrons. The van der Waals surface area contributed by atoms with Crippen molar-refractivity contribution < 1.29 is 9.90 Å². The molecule has 0 aromatic heterocycles. The molecule has 0 bridgehead atoms. The van der Waals surface area contributed by atoms with Crippen LogP contribution in [0.2, 0.25) is 0 Å². The smallest absolute Gasteiger partial charge is 0.303 e. The van der Waals surface area contributed by atoms with Gasteiger partial charge in [-0.05, 0) is 7.05 Å². The lowest BCUT2D eigenvalue weighted by molar-refractivity contribution is -0.136. The van der Waals surface area contributed by atoms with Gasteiger partial charge < -0.3 is 5.11 Å². The van der Waals surface area contributed by atoms with E-state index in [4.69, 9.17) is 5.11 Å². The molecule has 0 aromatic carbocycles. The Bertz CT molecular complexity index is 56.0. The molecule has 4 heteroatoms. The van der Waals surface area contributed by atoms with Gasteiger partial charge in [0.1, 0.15) is 0 Å². The van der Waals surface area contributed by atoms with Crippen molar-refractivity contribution in [3.05, 3.63) is 0 Å². The molecule has 0 aliphatic carbocycles. The van der Waals surface area contributed by atoms with E-state index >= 15 is 0 Å². The van der Waals surface area contributed by atoms with Crippen molar-refractivity contribution in [1.29, 1.82) is 0 Å². The Hall–Kier alpha value is -0.610. The number of rotatable bonds is 1. The maximum absolute atomic E-state index is 9.37. The number of nitrogens with one attached hydrogen (secondary N) is 1. The lowest BCUT2D eigenvalue weighted by atomic mass is 10.5. The zero-order valence-electron chi connectivity index (χ0n) is 5.14. The molecule has 0 fully saturated rings. The highest BCUT2D eigenvalue weighted by Crippen LogP contribution is 1.67. The number of hydrogen-bond acceptors (Lipinski definition) is 3. The molecule has 0 amide bonds. The second-order valence-electron chi connectivity index (χ2n) is 1.04. The number of nitrogens with two attached hydrogens (primary N) is 1. The van der Waals surface area contributed by atoms with Gasteiger partial charge in [0, 0.05) is 6.42 Å². The highest BCUT2D eigenvalue weighted by Gasteiger charge is 1.80. The minimum absolute atomic E-state index is 0.222. The highest BCUT2D eigenvalue weighted by molar-refractivity contribution is 5.66. The zero-order chi connectivity index (χ0) is 6.99. The van der Waals surface area contributed by atoms with Gasteiger partial charge in [-0.15, -0.1) is 0 Å². The molecular formula is C4H12N2O2. The zero-order valence-corrected chi connectivity index (χ0v) is 5.14. The van der Waals surface area contributed by atoms with Crippen LogP contribution in [-0.2, 0) is 4.79 Å². The average Bonchev–Trinajstić information content (AvgIpc) is 1.69. The summed E-state index contributed by atoms with van der Waals surface area (Å²) in [6.07, 6.45) is 0.222. The van der Waals surface area contributed by atoms with Crippen LogP contribution in [0.15, 0.2) is 0 Å². The molecule has 4 nitrogen and oxygen atoms in total. The third kappa shape index (κ3) is 53.8. The Morgan fingerprint density at radius 1 is 1.88 bits per heavy atom. The van der Waals surface area contributed by atoms with Crippen LogP contribution in [0.25, 0.3) is 0 Å². The number of carbonyl (C=O) groups is 1. The van der Waals surface area contributed by atoms with E-state index in [1.54, 1.807) is 14.0 Å². The molecule has 0 aromatic rings.